The van der Waals surface area contributed by atoms with E-state index in [-0.39, 0.29) is 24.9 Å². The molecule has 1 unspecified atom stereocenters. The van der Waals surface area contributed by atoms with Gasteiger partial charge in [-0.25, -0.2) is 0 Å². The summed E-state index contributed by atoms with van der Waals surface area (Å²) in [6.45, 7) is 9.77. The second-order valence-electron chi connectivity index (χ2n) is 11.4. The lowest BCUT2D eigenvalue weighted by atomic mass is 9.72. The Labute approximate surface area is 250 Å². The minimum absolute atomic E-state index is 0.0200. The molecular formula is C32H47ClN4O4. The van der Waals surface area contributed by atoms with Crippen molar-refractivity contribution in [2.75, 3.05) is 13.7 Å². The number of hydrogen-bond acceptors (Lipinski definition) is 6. The molecule has 1 fully saturated rings. The van der Waals surface area contributed by atoms with Gasteiger partial charge in [0.05, 0.1) is 19.7 Å². The maximum absolute atomic E-state index is 12.0. The number of halogens is 1. The Hall–Kier alpha value is -3.23. The summed E-state index contributed by atoms with van der Waals surface area (Å²) in [7, 11) is 1.52. The molecule has 0 radical (unpaired) electrons. The first kappa shape index (κ1) is 34.0. The Morgan fingerprint density at radius 3 is 2.20 bits per heavy atom. The van der Waals surface area contributed by atoms with Crippen molar-refractivity contribution >= 4 is 23.5 Å². The fourth-order valence-electron chi connectivity index (χ4n) is 4.65. The van der Waals surface area contributed by atoms with Gasteiger partial charge in [-0.05, 0) is 66.5 Å². The van der Waals surface area contributed by atoms with E-state index in [1.807, 2.05) is 43.3 Å². The Morgan fingerprint density at radius 2 is 1.66 bits per heavy atom. The van der Waals surface area contributed by atoms with E-state index in [4.69, 9.17) is 21.5 Å². The largest absolute Gasteiger partial charge is 0.481 e. The number of nitrogens with one attached hydrogen (secondary N) is 4. The van der Waals surface area contributed by atoms with Crippen molar-refractivity contribution in [3.8, 4) is 0 Å². The van der Waals surface area contributed by atoms with Crippen LogP contribution in [-0.4, -0.2) is 30.6 Å². The van der Waals surface area contributed by atoms with E-state index in [1.54, 1.807) is 18.3 Å². The van der Waals surface area contributed by atoms with Crippen LogP contribution in [0.1, 0.15) is 93.7 Å². The third-order valence-electron chi connectivity index (χ3n) is 7.22. The number of carboxylic acids is 1. The minimum atomic E-state index is -0.951. The van der Waals surface area contributed by atoms with Crippen LogP contribution >= 0.6 is 11.6 Å². The molecule has 8 nitrogen and oxygen atoms in total. The normalized spacial score (nSPS) is 14.7. The van der Waals surface area contributed by atoms with Crippen LogP contribution in [0.5, 0.6) is 0 Å². The van der Waals surface area contributed by atoms with E-state index in [0.29, 0.717) is 22.5 Å². The summed E-state index contributed by atoms with van der Waals surface area (Å²) in [5.74, 6) is 0.470. The third kappa shape index (κ3) is 13.3. The molecule has 2 aromatic carbocycles. The number of amides is 1. The number of benzene rings is 2. The van der Waals surface area contributed by atoms with Crippen LogP contribution in [0.3, 0.4) is 0 Å². The highest BCUT2D eigenvalue weighted by Gasteiger charge is 2.25. The summed E-state index contributed by atoms with van der Waals surface area (Å²) in [5, 5.41) is 18.6. The molecule has 0 aromatic heterocycles. The van der Waals surface area contributed by atoms with Gasteiger partial charge in [0.15, 0.2) is 0 Å². The lowest BCUT2D eigenvalue weighted by Gasteiger charge is -2.33. The van der Waals surface area contributed by atoms with Crippen LogP contribution < -0.4 is 21.4 Å². The van der Waals surface area contributed by atoms with Crippen molar-refractivity contribution in [1.29, 1.82) is 0 Å². The van der Waals surface area contributed by atoms with Crippen LogP contribution in [-0.2, 0) is 16.2 Å². The number of aliphatic carboxylic acids is 1. The average Bonchev–Trinajstić information content (AvgIpc) is 2.95. The molecule has 5 N–H and O–H groups in total. The van der Waals surface area contributed by atoms with E-state index in [2.05, 4.69) is 42.2 Å². The van der Waals surface area contributed by atoms with Crippen LogP contribution in [0.4, 0.5) is 0 Å². The van der Waals surface area contributed by atoms with Gasteiger partial charge in [-0.2, -0.15) is 0 Å². The van der Waals surface area contributed by atoms with E-state index >= 15 is 0 Å². The van der Waals surface area contributed by atoms with Gasteiger partial charge >= 0.3 is 5.97 Å². The molecule has 1 saturated carbocycles. The standard InChI is InChI=1S/C22H27ClN4O4.C10H20/c1-15(17-7-9-19(23)10-8-17)27-20(14-26-31-2)25-13-16-3-5-18(6-4-16)22(30)24-12-11-21(28)29;1-10(2,3)9-7-5-4-6-8-9/h3-10,14-15,25-27H,11-13H2,1-2H3,(H,24,30)(H,28,29);9H,4-8H2,1-3H3/b20-14+;. The zero-order chi connectivity index (χ0) is 30.3. The predicted octanol–water partition coefficient (Wildman–Crippen LogP) is 6.55. The first-order valence-electron chi connectivity index (χ1n) is 14.3. The molecule has 0 heterocycles. The number of carboxylic acid groups (broad SMARTS) is 1. The average molecular weight is 587 g/mol. The molecular weight excluding hydrogens is 540 g/mol. The number of carbonyl (C=O) groups excluding carboxylic acids is 1. The molecule has 226 valence electrons. The zero-order valence-electron chi connectivity index (χ0n) is 25.1. The van der Waals surface area contributed by atoms with Crippen molar-refractivity contribution in [2.24, 2.45) is 11.3 Å². The van der Waals surface area contributed by atoms with Crippen molar-refractivity contribution in [3.05, 3.63) is 82.3 Å². The highest BCUT2D eigenvalue weighted by molar-refractivity contribution is 6.30. The predicted molar refractivity (Wildman–Crippen MR) is 165 cm³/mol. The molecule has 0 spiro atoms. The molecule has 1 aliphatic rings. The lowest BCUT2D eigenvalue weighted by molar-refractivity contribution is -0.136. The van der Waals surface area contributed by atoms with Gasteiger partial charge in [0, 0.05) is 29.7 Å². The van der Waals surface area contributed by atoms with Gasteiger partial charge in [0.2, 0.25) is 0 Å². The summed E-state index contributed by atoms with van der Waals surface area (Å²) in [6, 6.07) is 14.7. The molecule has 0 bridgehead atoms. The summed E-state index contributed by atoms with van der Waals surface area (Å²) in [4.78, 5) is 27.5. The third-order valence-corrected chi connectivity index (χ3v) is 7.47. The Balaban J connectivity index is 0.000000493. The molecule has 0 aliphatic heterocycles. The van der Waals surface area contributed by atoms with Gasteiger partial charge in [-0.1, -0.05) is 75.9 Å². The van der Waals surface area contributed by atoms with Crippen LogP contribution in [0.15, 0.2) is 60.6 Å². The maximum Gasteiger partial charge on any atom is 0.305 e. The smallest absolute Gasteiger partial charge is 0.305 e. The van der Waals surface area contributed by atoms with E-state index in [1.165, 1.54) is 39.2 Å². The molecule has 1 atom stereocenters. The van der Waals surface area contributed by atoms with E-state index < -0.39 is 5.97 Å². The number of hydroxylamine groups is 1. The zero-order valence-corrected chi connectivity index (χ0v) is 25.8. The van der Waals surface area contributed by atoms with Gasteiger partial charge in [-0.15, -0.1) is 0 Å². The number of carbonyl (C=O) groups is 2. The van der Waals surface area contributed by atoms with Gasteiger partial charge in [-0.3, -0.25) is 19.9 Å². The summed E-state index contributed by atoms with van der Waals surface area (Å²) < 4.78 is 0. The van der Waals surface area contributed by atoms with Crippen LogP contribution in [0.2, 0.25) is 5.02 Å². The molecule has 2 aromatic rings. The minimum Gasteiger partial charge on any atom is -0.481 e. The highest BCUT2D eigenvalue weighted by atomic mass is 35.5. The van der Waals surface area contributed by atoms with E-state index in [9.17, 15) is 9.59 Å². The number of rotatable bonds is 12. The van der Waals surface area contributed by atoms with Crippen molar-refractivity contribution in [2.45, 2.75) is 78.8 Å². The first-order chi connectivity index (χ1) is 19.5. The Morgan fingerprint density at radius 1 is 1.02 bits per heavy atom. The molecule has 1 aliphatic carbocycles. The Kier molecular flexibility index (Phi) is 14.5. The summed E-state index contributed by atoms with van der Waals surface area (Å²) in [6.07, 6.45) is 8.94. The topological polar surface area (TPSA) is 112 Å². The summed E-state index contributed by atoms with van der Waals surface area (Å²) in [5.41, 5.74) is 5.78. The van der Waals surface area contributed by atoms with Gasteiger partial charge < -0.3 is 21.1 Å². The molecule has 1 amide bonds. The lowest BCUT2D eigenvalue weighted by Crippen LogP contribution is -2.30. The molecule has 0 saturated heterocycles. The fourth-order valence-corrected chi connectivity index (χ4v) is 4.78. The first-order valence-corrected chi connectivity index (χ1v) is 14.7. The summed E-state index contributed by atoms with van der Waals surface area (Å²) >= 11 is 5.96. The number of hydrogen-bond donors (Lipinski definition) is 5. The van der Waals surface area contributed by atoms with E-state index in [0.717, 1.165) is 22.9 Å². The second kappa shape index (κ2) is 17.6. The van der Waals surface area contributed by atoms with Crippen LogP contribution in [0, 0.1) is 11.3 Å². The maximum atomic E-state index is 12.0. The fraction of sp³-hybridized carbons (Fsp3) is 0.500. The highest BCUT2D eigenvalue weighted by Crippen LogP contribution is 2.37. The SMILES string of the molecule is CC(C)(C)C1CCCCC1.CON/C=C(\NCc1ccc(C(=O)NCCC(=O)O)cc1)NC(C)c1ccc(Cl)cc1. The van der Waals surface area contributed by atoms with Crippen molar-refractivity contribution < 1.29 is 19.5 Å². The van der Waals surface area contributed by atoms with Gasteiger partial charge in [0.25, 0.3) is 5.91 Å². The quantitative estimate of drug-likeness (QED) is 0.179. The van der Waals surface area contributed by atoms with Crippen molar-refractivity contribution in [3.63, 3.8) is 0 Å². The van der Waals surface area contributed by atoms with Gasteiger partial charge in [0.1, 0.15) is 5.82 Å². The van der Waals surface area contributed by atoms with Crippen molar-refractivity contribution in [1.82, 2.24) is 21.4 Å². The molecule has 3 rings (SSSR count). The monoisotopic (exact) mass is 586 g/mol. The van der Waals surface area contributed by atoms with Crippen LogP contribution in [0.25, 0.3) is 0 Å². The molecule has 9 heteroatoms. The Bertz CT molecular complexity index is 1090. The second-order valence-corrected chi connectivity index (χ2v) is 11.9. The molecule has 41 heavy (non-hydrogen) atoms.